The van der Waals surface area contributed by atoms with Gasteiger partial charge in [0.1, 0.15) is 6.61 Å². The maximum atomic E-state index is 12.4. The highest BCUT2D eigenvalue weighted by Gasteiger charge is 2.16. The van der Waals surface area contributed by atoms with Crippen LogP contribution in [0.15, 0.2) is 97.2 Å². The smallest absolute Gasteiger partial charge is 0.306 e. The third-order valence-corrected chi connectivity index (χ3v) is 15.4. The molecule has 1 unspecified atom stereocenters. The minimum Gasteiger partial charge on any atom is -0.462 e. The first-order valence-corrected chi connectivity index (χ1v) is 34.8. The van der Waals surface area contributed by atoms with Gasteiger partial charge >= 0.3 is 11.9 Å². The molecule has 0 aromatic carbocycles. The molecule has 1 atom stereocenters. The largest absolute Gasteiger partial charge is 0.462 e. The number of rotatable bonds is 64. The SMILES string of the molecule is CC/C=C\C/C=C\C/C=C\C/C=C\CCCCCCCCCCCCCCCCCCCCCCC(=O)OCC(CO)OC(=O)CCCCCCCCCCCCCCCCCCCCCC/C=C\C/C=C\C/C=C\C/C=C\CC. The lowest BCUT2D eigenvalue weighted by Crippen LogP contribution is -2.28. The molecule has 80 heavy (non-hydrogen) atoms. The van der Waals surface area contributed by atoms with Crippen molar-refractivity contribution in [3.63, 3.8) is 0 Å². The van der Waals surface area contributed by atoms with Crippen molar-refractivity contribution in [3.8, 4) is 0 Å². The van der Waals surface area contributed by atoms with Crippen LogP contribution in [-0.4, -0.2) is 36.4 Å². The first-order valence-electron chi connectivity index (χ1n) is 34.8. The molecular formula is C75H132O5. The fourth-order valence-corrected chi connectivity index (χ4v) is 10.2. The average Bonchev–Trinajstić information content (AvgIpc) is 3.46. The lowest BCUT2D eigenvalue weighted by atomic mass is 10.0. The van der Waals surface area contributed by atoms with Crippen LogP contribution >= 0.6 is 0 Å². The molecule has 1 N–H and O–H groups in total. The second-order valence-electron chi connectivity index (χ2n) is 23.2. The minimum atomic E-state index is -0.774. The summed E-state index contributed by atoms with van der Waals surface area (Å²) in [6.07, 6.45) is 100. The zero-order valence-electron chi connectivity index (χ0n) is 53.1. The van der Waals surface area contributed by atoms with Gasteiger partial charge in [0.15, 0.2) is 6.10 Å². The molecule has 0 saturated heterocycles. The van der Waals surface area contributed by atoms with Crippen molar-refractivity contribution in [2.75, 3.05) is 13.2 Å². The summed E-state index contributed by atoms with van der Waals surface area (Å²) in [6.45, 7) is 3.96. The second kappa shape index (κ2) is 70.1. The zero-order chi connectivity index (χ0) is 57.6. The topological polar surface area (TPSA) is 72.8 Å². The van der Waals surface area contributed by atoms with Crippen LogP contribution in [0.5, 0.6) is 0 Å². The van der Waals surface area contributed by atoms with Crippen molar-refractivity contribution in [2.24, 2.45) is 0 Å². The monoisotopic (exact) mass is 1110 g/mol. The number of unbranched alkanes of at least 4 members (excludes halogenated alkanes) is 40. The van der Waals surface area contributed by atoms with Crippen molar-refractivity contribution >= 4 is 11.9 Å². The van der Waals surface area contributed by atoms with Gasteiger partial charge in [-0.25, -0.2) is 0 Å². The maximum absolute atomic E-state index is 12.4. The molecular weight excluding hydrogens is 981 g/mol. The van der Waals surface area contributed by atoms with E-state index in [2.05, 4.69) is 111 Å². The van der Waals surface area contributed by atoms with E-state index in [-0.39, 0.29) is 25.2 Å². The Bertz CT molecular complexity index is 1500. The number of carbonyl (C=O) groups excluding carboxylic acids is 2. The standard InChI is InChI=1S/C75H132O5/c1-3-5-7-9-11-13-15-17-19-21-23-25-27-29-31-33-35-37-39-41-43-45-47-49-51-53-55-57-59-61-63-65-67-69-74(77)79-72-73(71-76)80-75(78)70-68-66-64-62-60-58-56-54-52-50-48-46-44-42-40-38-36-34-32-30-28-26-24-22-20-18-16-14-12-10-8-6-4-2/h5-8,11-14,17-20,23-26,73,76H,3-4,9-10,15-16,21-22,27-72H2,1-2H3/b7-5-,8-6-,13-11-,14-12-,19-17-,20-18-,25-23-,26-24-. The molecule has 0 amide bonds. The van der Waals surface area contributed by atoms with E-state index in [9.17, 15) is 14.7 Å². The van der Waals surface area contributed by atoms with E-state index < -0.39 is 6.10 Å². The lowest BCUT2D eigenvalue weighted by molar-refractivity contribution is -0.161. The molecule has 5 heteroatoms. The number of hydrogen-bond donors (Lipinski definition) is 1. The van der Waals surface area contributed by atoms with Crippen LogP contribution in [-0.2, 0) is 19.1 Å². The van der Waals surface area contributed by atoms with E-state index in [1.54, 1.807) is 0 Å². The minimum absolute atomic E-state index is 0.0635. The van der Waals surface area contributed by atoms with Gasteiger partial charge in [-0.15, -0.1) is 0 Å². The number of carbonyl (C=O) groups is 2. The molecule has 0 aliphatic carbocycles. The molecule has 0 aliphatic heterocycles. The summed E-state index contributed by atoms with van der Waals surface area (Å²) in [4.78, 5) is 24.7. The molecule has 0 spiro atoms. The number of esters is 2. The molecule has 0 rings (SSSR count). The van der Waals surface area contributed by atoms with Gasteiger partial charge in [-0.2, -0.15) is 0 Å². The molecule has 0 bridgehead atoms. The Balaban J connectivity index is 3.41. The number of hydrogen-bond acceptors (Lipinski definition) is 5. The molecule has 0 heterocycles. The average molecular weight is 1110 g/mol. The highest BCUT2D eigenvalue weighted by molar-refractivity contribution is 5.70. The molecule has 462 valence electrons. The van der Waals surface area contributed by atoms with Crippen molar-refractivity contribution in [1.82, 2.24) is 0 Å². The fourth-order valence-electron chi connectivity index (χ4n) is 10.2. The summed E-state index contributed by atoms with van der Waals surface area (Å²) in [5, 5.41) is 9.71. The summed E-state index contributed by atoms with van der Waals surface area (Å²) in [5.74, 6) is -0.574. The fraction of sp³-hybridized carbons (Fsp3) is 0.760. The van der Waals surface area contributed by atoms with Crippen LogP contribution in [0.3, 0.4) is 0 Å². The van der Waals surface area contributed by atoms with Crippen LogP contribution in [0.1, 0.15) is 348 Å². The number of ether oxygens (including phenoxy) is 2. The Morgan fingerprint density at radius 3 is 0.750 bits per heavy atom. The van der Waals surface area contributed by atoms with E-state index in [1.807, 2.05) is 0 Å². The van der Waals surface area contributed by atoms with E-state index in [0.717, 1.165) is 89.9 Å². The predicted octanol–water partition coefficient (Wildman–Crippen LogP) is 24.2. The molecule has 0 aromatic rings. The number of allylic oxidation sites excluding steroid dienone is 16. The van der Waals surface area contributed by atoms with Gasteiger partial charge in [0.2, 0.25) is 0 Å². The van der Waals surface area contributed by atoms with Crippen LogP contribution in [0.4, 0.5) is 0 Å². The quantitative estimate of drug-likeness (QED) is 0.0373. The summed E-state index contributed by atoms with van der Waals surface area (Å²) >= 11 is 0. The molecule has 0 saturated carbocycles. The van der Waals surface area contributed by atoms with Crippen LogP contribution < -0.4 is 0 Å². The van der Waals surface area contributed by atoms with E-state index in [1.165, 1.54) is 231 Å². The molecule has 0 fully saturated rings. The van der Waals surface area contributed by atoms with Crippen molar-refractivity contribution in [2.45, 2.75) is 354 Å². The second-order valence-corrected chi connectivity index (χ2v) is 23.2. The summed E-state index contributed by atoms with van der Waals surface area (Å²) in [5.41, 5.74) is 0. The normalized spacial score (nSPS) is 12.8. The molecule has 5 nitrogen and oxygen atoms in total. The first-order chi connectivity index (χ1) is 39.6. The predicted molar refractivity (Wildman–Crippen MR) is 352 cm³/mol. The van der Waals surface area contributed by atoms with Gasteiger partial charge in [0, 0.05) is 12.8 Å². The Morgan fingerprint density at radius 2 is 0.500 bits per heavy atom. The van der Waals surface area contributed by atoms with Gasteiger partial charge in [-0.05, 0) is 89.9 Å². The van der Waals surface area contributed by atoms with Crippen molar-refractivity contribution in [1.29, 1.82) is 0 Å². The highest BCUT2D eigenvalue weighted by atomic mass is 16.6. The van der Waals surface area contributed by atoms with Crippen LogP contribution in [0, 0.1) is 0 Å². The lowest BCUT2D eigenvalue weighted by Gasteiger charge is -2.15. The zero-order valence-corrected chi connectivity index (χ0v) is 53.1. The first kappa shape index (κ1) is 76.8. The Labute approximate surface area is 498 Å². The Morgan fingerprint density at radius 1 is 0.287 bits per heavy atom. The summed E-state index contributed by atoms with van der Waals surface area (Å²) in [6, 6.07) is 0. The van der Waals surface area contributed by atoms with E-state index in [4.69, 9.17) is 9.47 Å². The number of aliphatic hydroxyl groups is 1. The van der Waals surface area contributed by atoms with Crippen molar-refractivity contribution < 1.29 is 24.2 Å². The van der Waals surface area contributed by atoms with Gasteiger partial charge in [0.05, 0.1) is 6.61 Å². The molecule has 0 aliphatic rings. The summed E-state index contributed by atoms with van der Waals surface area (Å²) < 4.78 is 10.8. The van der Waals surface area contributed by atoms with E-state index >= 15 is 0 Å². The third kappa shape index (κ3) is 67.3. The van der Waals surface area contributed by atoms with Gasteiger partial charge in [0.25, 0.3) is 0 Å². The number of aliphatic hydroxyl groups excluding tert-OH is 1. The van der Waals surface area contributed by atoms with Crippen molar-refractivity contribution in [3.05, 3.63) is 97.2 Å². The Kier molecular flexibility index (Phi) is 67.3. The third-order valence-electron chi connectivity index (χ3n) is 15.4. The van der Waals surface area contributed by atoms with Gasteiger partial charge < -0.3 is 14.6 Å². The molecule has 0 radical (unpaired) electrons. The van der Waals surface area contributed by atoms with Crippen LogP contribution in [0.2, 0.25) is 0 Å². The summed E-state index contributed by atoms with van der Waals surface area (Å²) in [7, 11) is 0. The van der Waals surface area contributed by atoms with Gasteiger partial charge in [-0.3, -0.25) is 9.59 Å². The van der Waals surface area contributed by atoms with Gasteiger partial charge in [-0.1, -0.05) is 342 Å². The van der Waals surface area contributed by atoms with E-state index in [0.29, 0.717) is 12.8 Å². The Hall–Kier alpha value is -3.18. The maximum Gasteiger partial charge on any atom is 0.306 e. The van der Waals surface area contributed by atoms with Crippen LogP contribution in [0.25, 0.3) is 0 Å². The molecule has 0 aromatic heterocycles. The highest BCUT2D eigenvalue weighted by Crippen LogP contribution is 2.18.